The van der Waals surface area contributed by atoms with E-state index in [9.17, 15) is 4.79 Å². The molecule has 31 heavy (non-hydrogen) atoms. The van der Waals surface area contributed by atoms with Gasteiger partial charge in [-0.3, -0.25) is 4.90 Å². The number of ether oxygens (including phenoxy) is 3. The van der Waals surface area contributed by atoms with E-state index < -0.39 is 5.63 Å². The minimum absolute atomic E-state index is 0.410. The van der Waals surface area contributed by atoms with E-state index in [2.05, 4.69) is 4.90 Å². The summed E-state index contributed by atoms with van der Waals surface area (Å²) in [6.07, 6.45) is 1.65. The van der Waals surface area contributed by atoms with Gasteiger partial charge < -0.3 is 23.0 Å². The van der Waals surface area contributed by atoms with E-state index in [-0.39, 0.29) is 0 Å². The monoisotopic (exact) mass is 419 g/mol. The van der Waals surface area contributed by atoms with Crippen LogP contribution in [0.25, 0.3) is 22.1 Å². The Morgan fingerprint density at radius 2 is 1.94 bits per heavy atom. The Balaban J connectivity index is 1.58. The lowest BCUT2D eigenvalue weighted by atomic mass is 10.0. The molecule has 3 heterocycles. The van der Waals surface area contributed by atoms with Gasteiger partial charge in [0, 0.05) is 17.5 Å². The molecule has 0 N–H and O–H groups in total. The van der Waals surface area contributed by atoms with Crippen molar-refractivity contribution in [1.29, 1.82) is 0 Å². The Kier molecular flexibility index (Phi) is 4.88. The lowest BCUT2D eigenvalue weighted by molar-refractivity contribution is 0.0826. The zero-order valence-electron chi connectivity index (χ0n) is 17.2. The van der Waals surface area contributed by atoms with Crippen LogP contribution in [0.4, 0.5) is 0 Å². The fourth-order valence-electron chi connectivity index (χ4n) is 3.88. The van der Waals surface area contributed by atoms with Crippen molar-refractivity contribution in [2.24, 2.45) is 0 Å². The maximum absolute atomic E-state index is 13.0. The Morgan fingerprint density at radius 3 is 2.71 bits per heavy atom. The summed E-state index contributed by atoms with van der Waals surface area (Å²) in [6, 6.07) is 14.7. The molecule has 0 aliphatic carbocycles. The zero-order valence-corrected chi connectivity index (χ0v) is 17.2. The smallest absolute Gasteiger partial charge is 0.344 e. The van der Waals surface area contributed by atoms with Crippen LogP contribution >= 0.6 is 0 Å². The molecule has 0 atom stereocenters. The van der Waals surface area contributed by atoms with Gasteiger partial charge in [-0.2, -0.15) is 0 Å². The summed E-state index contributed by atoms with van der Waals surface area (Å²) in [5.74, 6) is 2.76. The topological polar surface area (TPSA) is 74.3 Å². The van der Waals surface area contributed by atoms with Crippen molar-refractivity contribution in [2.45, 2.75) is 13.1 Å². The van der Waals surface area contributed by atoms with Gasteiger partial charge in [0.2, 0.25) is 0 Å². The third kappa shape index (κ3) is 3.53. The molecule has 0 bridgehead atoms. The van der Waals surface area contributed by atoms with Crippen molar-refractivity contribution in [3.05, 3.63) is 76.5 Å². The average molecular weight is 419 g/mol. The van der Waals surface area contributed by atoms with Crippen LogP contribution in [-0.4, -0.2) is 25.9 Å². The lowest BCUT2D eigenvalue weighted by Crippen LogP contribution is -2.31. The van der Waals surface area contributed by atoms with Crippen LogP contribution in [0.2, 0.25) is 0 Å². The minimum atomic E-state index is -0.449. The van der Waals surface area contributed by atoms with Gasteiger partial charge in [-0.15, -0.1) is 0 Å². The summed E-state index contributed by atoms with van der Waals surface area (Å²) in [4.78, 5) is 15.1. The van der Waals surface area contributed by atoms with E-state index in [4.69, 9.17) is 23.0 Å². The van der Waals surface area contributed by atoms with Crippen LogP contribution in [0.3, 0.4) is 0 Å². The Bertz CT molecular complexity index is 1290. The molecule has 7 nitrogen and oxygen atoms in total. The second-order valence-corrected chi connectivity index (χ2v) is 7.31. The molecule has 0 spiro atoms. The number of benzene rings is 2. The first-order chi connectivity index (χ1) is 15.2. The van der Waals surface area contributed by atoms with Gasteiger partial charge in [0.25, 0.3) is 0 Å². The van der Waals surface area contributed by atoms with Gasteiger partial charge >= 0.3 is 5.63 Å². The lowest BCUT2D eigenvalue weighted by Gasteiger charge is -2.28. The highest BCUT2D eigenvalue weighted by molar-refractivity contribution is 5.87. The molecule has 7 heteroatoms. The normalized spacial score (nSPS) is 13.6. The van der Waals surface area contributed by atoms with Crippen molar-refractivity contribution in [1.82, 2.24) is 4.90 Å². The Morgan fingerprint density at radius 1 is 1.03 bits per heavy atom. The quantitative estimate of drug-likeness (QED) is 0.443. The molecule has 0 amide bonds. The minimum Gasteiger partial charge on any atom is -0.497 e. The van der Waals surface area contributed by atoms with Gasteiger partial charge in [-0.1, -0.05) is 0 Å². The zero-order chi connectivity index (χ0) is 21.4. The second kappa shape index (κ2) is 7.85. The van der Waals surface area contributed by atoms with E-state index in [0.717, 1.165) is 22.5 Å². The van der Waals surface area contributed by atoms with Crippen LogP contribution in [0.15, 0.2) is 68.4 Å². The van der Waals surface area contributed by atoms with Crippen molar-refractivity contribution in [3.8, 4) is 28.4 Å². The van der Waals surface area contributed by atoms with Crippen LogP contribution in [-0.2, 0) is 13.1 Å². The predicted molar refractivity (Wildman–Crippen MR) is 114 cm³/mol. The highest BCUT2D eigenvalue weighted by Crippen LogP contribution is 2.36. The fraction of sp³-hybridized carbons (Fsp3) is 0.208. The molecule has 5 rings (SSSR count). The van der Waals surface area contributed by atoms with Crippen molar-refractivity contribution < 1.29 is 23.0 Å². The molecule has 2 aromatic carbocycles. The van der Waals surface area contributed by atoms with E-state index >= 15 is 0 Å². The molecule has 0 unspecified atom stereocenters. The van der Waals surface area contributed by atoms with Gasteiger partial charge in [0.1, 0.15) is 35.3 Å². The molecule has 2 aromatic heterocycles. The molecule has 4 aromatic rings. The van der Waals surface area contributed by atoms with E-state index in [1.807, 2.05) is 30.3 Å². The predicted octanol–water partition coefficient (Wildman–Crippen LogP) is 4.42. The van der Waals surface area contributed by atoms with Gasteiger partial charge in [-0.05, 0) is 48.5 Å². The molecule has 158 valence electrons. The molecular weight excluding hydrogens is 398 g/mol. The Hall–Kier alpha value is -3.71. The maximum Gasteiger partial charge on any atom is 0.344 e. The van der Waals surface area contributed by atoms with Crippen molar-refractivity contribution in [2.75, 3.05) is 21.0 Å². The maximum atomic E-state index is 13.0. The van der Waals surface area contributed by atoms with Crippen LogP contribution in [0.5, 0.6) is 17.2 Å². The van der Waals surface area contributed by atoms with Crippen molar-refractivity contribution in [3.63, 3.8) is 0 Å². The first-order valence-electron chi connectivity index (χ1n) is 9.86. The third-order valence-electron chi connectivity index (χ3n) is 5.40. The van der Waals surface area contributed by atoms with Gasteiger partial charge in [0.05, 0.1) is 38.2 Å². The number of hydrogen-bond acceptors (Lipinski definition) is 7. The standard InChI is InChI=1S/C24H21NO6/c1-27-16-6-8-21(28-2)18(11-16)19-10-15-5-7-22-20(23(15)31-24(19)26)13-25(14-30-22)12-17-4-3-9-29-17/h3-11H,12-14H2,1-2H3. The number of rotatable bonds is 5. The first-order valence-corrected chi connectivity index (χ1v) is 9.86. The van der Waals surface area contributed by atoms with E-state index in [1.165, 1.54) is 0 Å². The summed E-state index contributed by atoms with van der Waals surface area (Å²) in [6.45, 7) is 1.62. The summed E-state index contributed by atoms with van der Waals surface area (Å²) in [5.41, 5.74) is 1.95. The average Bonchev–Trinajstić information content (AvgIpc) is 3.31. The number of fused-ring (bicyclic) bond motifs is 3. The largest absolute Gasteiger partial charge is 0.497 e. The third-order valence-corrected chi connectivity index (χ3v) is 5.40. The number of hydrogen-bond donors (Lipinski definition) is 0. The SMILES string of the molecule is COc1ccc(OC)c(-c2cc3ccc4c(c3oc2=O)CN(Cc2ccco2)CO4)c1. The summed E-state index contributed by atoms with van der Waals surface area (Å²) >= 11 is 0. The highest BCUT2D eigenvalue weighted by Gasteiger charge is 2.23. The van der Waals surface area contributed by atoms with Crippen LogP contribution in [0.1, 0.15) is 11.3 Å². The molecule has 0 fully saturated rings. The molecule has 0 saturated heterocycles. The first kappa shape index (κ1) is 19.3. The Labute approximate surface area is 178 Å². The van der Waals surface area contributed by atoms with Gasteiger partial charge in [-0.25, -0.2) is 4.79 Å². The molecule has 1 aliphatic heterocycles. The second-order valence-electron chi connectivity index (χ2n) is 7.31. The van der Waals surface area contributed by atoms with Crippen LogP contribution < -0.4 is 19.8 Å². The number of methoxy groups -OCH3 is 2. The molecular formula is C24H21NO6. The van der Waals surface area contributed by atoms with Crippen LogP contribution in [0, 0.1) is 0 Å². The molecule has 0 radical (unpaired) electrons. The van der Waals surface area contributed by atoms with E-state index in [1.54, 1.807) is 38.7 Å². The number of nitrogens with zero attached hydrogens (tertiary/aromatic N) is 1. The molecule has 1 aliphatic rings. The summed E-state index contributed by atoms with van der Waals surface area (Å²) in [7, 11) is 3.14. The fourth-order valence-corrected chi connectivity index (χ4v) is 3.88. The number of furan rings is 1. The van der Waals surface area contributed by atoms with E-state index in [0.29, 0.717) is 48.0 Å². The highest BCUT2D eigenvalue weighted by atomic mass is 16.5. The molecule has 0 saturated carbocycles. The summed E-state index contributed by atoms with van der Waals surface area (Å²) in [5, 5.41) is 0.807. The van der Waals surface area contributed by atoms with Crippen molar-refractivity contribution >= 4 is 11.0 Å². The summed E-state index contributed by atoms with van der Waals surface area (Å²) < 4.78 is 27.9. The van der Waals surface area contributed by atoms with Gasteiger partial charge in [0.15, 0.2) is 0 Å².